The quantitative estimate of drug-likeness (QED) is 0.219. The van der Waals surface area contributed by atoms with Gasteiger partial charge in [0.05, 0.1) is 44.7 Å². The number of benzene rings is 2. The molecule has 6 N–H and O–H groups in total. The number of nitrogens with one attached hydrogen (secondary N) is 5. The molecule has 1 aliphatic heterocycles. The van der Waals surface area contributed by atoms with Gasteiger partial charge in [-0.15, -0.1) is 0 Å². The van der Waals surface area contributed by atoms with Gasteiger partial charge in [0.2, 0.25) is 17.7 Å². The van der Waals surface area contributed by atoms with Crippen LogP contribution in [0.5, 0.6) is 23.0 Å². The number of aromatic amines is 1. The number of hydrogen-bond donors (Lipinski definition) is 6. The molecular formula is C35H46N8O9. The molecule has 3 atom stereocenters. The number of aliphatic hydroxyl groups is 1. The second kappa shape index (κ2) is 18.0. The van der Waals surface area contributed by atoms with Crippen LogP contribution in [0.4, 0.5) is 0 Å². The number of aliphatic hydroxyl groups excluding tert-OH is 1. The van der Waals surface area contributed by atoms with Crippen molar-refractivity contribution in [1.82, 2.24) is 41.6 Å². The third kappa shape index (κ3) is 9.74. The fraction of sp³-hybridized carbons (Fsp3) is 0.457. The Morgan fingerprint density at radius 3 is 2.33 bits per heavy atom. The maximum Gasteiger partial charge on any atom is 0.276 e. The lowest BCUT2D eigenvalue weighted by atomic mass is 10.0. The van der Waals surface area contributed by atoms with Crippen LogP contribution in [0, 0.1) is 12.8 Å². The van der Waals surface area contributed by atoms with Crippen LogP contribution >= 0.6 is 0 Å². The highest BCUT2D eigenvalue weighted by Gasteiger charge is 2.33. The fourth-order valence-corrected chi connectivity index (χ4v) is 5.50. The Balaban J connectivity index is 1.68. The molecule has 1 aliphatic rings. The van der Waals surface area contributed by atoms with Crippen molar-refractivity contribution in [2.45, 2.75) is 65.3 Å². The number of amides is 5. The molecule has 0 saturated carbocycles. The van der Waals surface area contributed by atoms with E-state index in [4.69, 9.17) is 14.2 Å². The van der Waals surface area contributed by atoms with Crippen molar-refractivity contribution < 1.29 is 43.3 Å². The molecule has 2 aromatic carbocycles. The Labute approximate surface area is 301 Å². The summed E-state index contributed by atoms with van der Waals surface area (Å²) < 4.78 is 17.3. The van der Waals surface area contributed by atoms with E-state index in [0.29, 0.717) is 46.9 Å². The first-order chi connectivity index (χ1) is 24.8. The minimum Gasteiger partial charge on any atom is -0.496 e. The number of nitrogens with zero attached hydrogens (tertiary/aromatic N) is 3. The second-order valence-electron chi connectivity index (χ2n) is 12.6. The first-order valence-corrected chi connectivity index (χ1v) is 16.9. The van der Waals surface area contributed by atoms with Crippen LogP contribution in [-0.2, 0) is 20.9 Å². The summed E-state index contributed by atoms with van der Waals surface area (Å²) >= 11 is 0. The van der Waals surface area contributed by atoms with Gasteiger partial charge in [-0.3, -0.25) is 24.0 Å². The largest absolute Gasteiger partial charge is 0.496 e. The van der Waals surface area contributed by atoms with Crippen LogP contribution in [0.3, 0.4) is 0 Å². The smallest absolute Gasteiger partial charge is 0.276 e. The van der Waals surface area contributed by atoms with Crippen molar-refractivity contribution in [3.63, 3.8) is 0 Å². The molecule has 17 nitrogen and oxygen atoms in total. The van der Waals surface area contributed by atoms with Gasteiger partial charge in [0, 0.05) is 18.7 Å². The molecule has 0 unspecified atom stereocenters. The van der Waals surface area contributed by atoms with E-state index >= 15 is 0 Å². The number of hydrogen-bond acceptors (Lipinski definition) is 11. The lowest BCUT2D eigenvalue weighted by Gasteiger charge is -2.28. The number of ether oxygens (including phenoxy) is 3. The van der Waals surface area contributed by atoms with Crippen LogP contribution in [0.25, 0.3) is 0 Å². The minimum absolute atomic E-state index is 0.0198. The van der Waals surface area contributed by atoms with Crippen LogP contribution in [-0.4, -0.2) is 107 Å². The van der Waals surface area contributed by atoms with Gasteiger partial charge in [0.1, 0.15) is 23.6 Å². The first-order valence-electron chi connectivity index (χ1n) is 16.9. The number of H-pyrrole nitrogens is 1. The van der Waals surface area contributed by atoms with E-state index in [1.807, 2.05) is 0 Å². The number of carbonyl (C=O) groups excluding carboxylic acids is 5. The van der Waals surface area contributed by atoms with Crippen molar-refractivity contribution in [2.24, 2.45) is 5.92 Å². The minimum atomic E-state index is -1.46. The van der Waals surface area contributed by atoms with Crippen molar-refractivity contribution in [3.8, 4) is 23.0 Å². The highest BCUT2D eigenvalue weighted by Crippen LogP contribution is 2.37. The summed E-state index contributed by atoms with van der Waals surface area (Å²) in [6, 6.07) is 7.28. The summed E-state index contributed by atoms with van der Waals surface area (Å²) in [7, 11) is 2.94. The Morgan fingerprint density at radius 1 is 0.923 bits per heavy atom. The van der Waals surface area contributed by atoms with Crippen molar-refractivity contribution in [1.29, 1.82) is 0 Å². The van der Waals surface area contributed by atoms with Crippen LogP contribution in [0.1, 0.15) is 65.7 Å². The standard InChI is InChI=1S/C35H46N8O9/c1-19(2)29-33(47)37-17-23-24(50-5)10-9-11-25(23)52-27-16-22(12-13-26(27)51-6)32(46)36-14-7-8-15-43(35(49)30-20(3)40-42-41-30)18-28(45)38-31(21(4)44)34(48)39-29/h9-13,16,19,21,29,31,44H,7-8,14-15,17-18H2,1-6H3,(H,36,46)(H,37,47)(H,38,45)(H,39,48)(H,40,41,42)/t21-,29-,31+/m1/s1. The highest BCUT2D eigenvalue weighted by molar-refractivity contribution is 5.97. The molecule has 4 rings (SSSR count). The lowest BCUT2D eigenvalue weighted by Crippen LogP contribution is -2.59. The maximum absolute atomic E-state index is 13.6. The predicted molar refractivity (Wildman–Crippen MR) is 187 cm³/mol. The number of carbonyl (C=O) groups is 5. The molecule has 0 saturated heterocycles. The zero-order valence-corrected chi connectivity index (χ0v) is 30.1. The summed E-state index contributed by atoms with van der Waals surface area (Å²) in [6.07, 6.45) is -0.530. The van der Waals surface area contributed by atoms with E-state index in [-0.39, 0.29) is 37.0 Å². The van der Waals surface area contributed by atoms with E-state index in [1.54, 1.807) is 51.1 Å². The Morgan fingerprint density at radius 2 is 1.67 bits per heavy atom. The van der Waals surface area contributed by atoms with E-state index in [0.717, 1.165) is 0 Å². The third-order valence-electron chi connectivity index (χ3n) is 8.41. The Bertz CT molecular complexity index is 1760. The molecule has 0 aliphatic carbocycles. The normalized spacial score (nSPS) is 18.9. The molecule has 280 valence electrons. The number of aromatic nitrogens is 3. The summed E-state index contributed by atoms with van der Waals surface area (Å²) in [5.41, 5.74) is 1.11. The predicted octanol–water partition coefficient (Wildman–Crippen LogP) is 1.21. The first kappa shape index (κ1) is 39.1. The van der Waals surface area contributed by atoms with Crippen molar-refractivity contribution in [2.75, 3.05) is 33.9 Å². The number of aryl methyl sites for hydroxylation is 1. The highest BCUT2D eigenvalue weighted by atomic mass is 16.5. The average Bonchev–Trinajstić information content (AvgIpc) is 3.55. The molecule has 0 radical (unpaired) electrons. The average molecular weight is 723 g/mol. The lowest BCUT2D eigenvalue weighted by molar-refractivity contribution is -0.135. The van der Waals surface area contributed by atoms with Gasteiger partial charge >= 0.3 is 0 Å². The SMILES string of the molecule is COc1ccc2cc1Oc1cccc(OC)c1CNC(=O)[C@@H](C(C)C)NC(=O)[C@H]([C@@H](C)O)NC(=O)CN(C(=O)c1n[nH]nc1C)CCCCNC2=O. The molecule has 1 aromatic heterocycles. The third-order valence-corrected chi connectivity index (χ3v) is 8.41. The van der Waals surface area contributed by atoms with Gasteiger partial charge in [-0.05, 0) is 62.9 Å². The molecule has 5 amide bonds. The molecule has 0 fully saturated rings. The molecule has 17 heteroatoms. The monoisotopic (exact) mass is 722 g/mol. The molecule has 2 bridgehead atoms. The molecular weight excluding hydrogens is 676 g/mol. The second-order valence-corrected chi connectivity index (χ2v) is 12.6. The number of fused-ring (bicyclic) bond motifs is 3. The van der Waals surface area contributed by atoms with Gasteiger partial charge in [0.25, 0.3) is 11.8 Å². The van der Waals surface area contributed by atoms with E-state index in [2.05, 4.69) is 36.7 Å². The summed E-state index contributed by atoms with van der Waals surface area (Å²) in [5.74, 6) is -2.13. The maximum atomic E-state index is 13.6. The van der Waals surface area contributed by atoms with Crippen molar-refractivity contribution in [3.05, 3.63) is 58.9 Å². The molecule has 52 heavy (non-hydrogen) atoms. The topological polar surface area (TPSA) is 226 Å². The molecule has 2 heterocycles. The zero-order chi connectivity index (χ0) is 37.9. The molecule has 0 spiro atoms. The summed E-state index contributed by atoms with van der Waals surface area (Å²) in [6.45, 7) is 6.17. The summed E-state index contributed by atoms with van der Waals surface area (Å²) in [4.78, 5) is 68.3. The Hall–Kier alpha value is -5.71. The van der Waals surface area contributed by atoms with E-state index < -0.39 is 54.3 Å². The Kier molecular flexibility index (Phi) is 13.5. The van der Waals surface area contributed by atoms with Crippen LogP contribution in [0.2, 0.25) is 0 Å². The van der Waals surface area contributed by atoms with Crippen LogP contribution in [0.15, 0.2) is 36.4 Å². The van der Waals surface area contributed by atoms with Gasteiger partial charge < -0.3 is 45.5 Å². The molecule has 3 aromatic rings. The zero-order valence-electron chi connectivity index (χ0n) is 30.1. The van der Waals surface area contributed by atoms with Gasteiger partial charge in [-0.1, -0.05) is 19.9 Å². The van der Waals surface area contributed by atoms with Gasteiger partial charge in [-0.2, -0.15) is 15.4 Å². The van der Waals surface area contributed by atoms with Crippen molar-refractivity contribution >= 4 is 29.5 Å². The number of methoxy groups -OCH3 is 2. The van der Waals surface area contributed by atoms with Crippen LogP contribution < -0.4 is 35.5 Å². The van der Waals surface area contributed by atoms with Gasteiger partial charge in [-0.25, -0.2) is 0 Å². The van der Waals surface area contributed by atoms with E-state index in [9.17, 15) is 29.1 Å². The van der Waals surface area contributed by atoms with E-state index in [1.165, 1.54) is 32.1 Å². The fourth-order valence-electron chi connectivity index (χ4n) is 5.50. The summed E-state index contributed by atoms with van der Waals surface area (Å²) in [5, 5.41) is 31.6. The van der Waals surface area contributed by atoms with Gasteiger partial charge in [0.15, 0.2) is 17.2 Å². The number of rotatable bonds is 5.